The summed E-state index contributed by atoms with van der Waals surface area (Å²) >= 11 is 1.84. The van der Waals surface area contributed by atoms with Crippen molar-refractivity contribution in [2.45, 2.75) is 0 Å². The third-order valence-corrected chi connectivity index (χ3v) is 11.8. The number of anilines is 3. The quantitative estimate of drug-likeness (QED) is 0.160. The molecule has 0 fully saturated rings. The lowest BCUT2D eigenvalue weighted by atomic mass is 9.93. The van der Waals surface area contributed by atoms with E-state index >= 15 is 0 Å². The monoisotopic (exact) mass is 720 g/mol. The Balaban J connectivity index is 1.18. The zero-order valence-corrected chi connectivity index (χ0v) is 30.5. The first kappa shape index (κ1) is 31.4. The third-order valence-electron chi connectivity index (χ3n) is 10.6. The second-order valence-corrected chi connectivity index (χ2v) is 15.0. The minimum absolute atomic E-state index is 0.865. The Bertz CT molecular complexity index is 3220. The number of benzene rings is 9. The van der Waals surface area contributed by atoms with Gasteiger partial charge >= 0.3 is 0 Å². The van der Waals surface area contributed by atoms with E-state index in [1.54, 1.807) is 4.80 Å². The van der Waals surface area contributed by atoms with E-state index in [0.29, 0.717) is 0 Å². The first-order valence-corrected chi connectivity index (χ1v) is 19.3. The van der Waals surface area contributed by atoms with E-state index < -0.39 is 0 Å². The smallest absolute Gasteiger partial charge is 0.122 e. The molecule has 0 unspecified atom stereocenters. The van der Waals surface area contributed by atoms with Gasteiger partial charge in [0.2, 0.25) is 0 Å². The van der Waals surface area contributed by atoms with Gasteiger partial charge in [0.25, 0.3) is 0 Å². The van der Waals surface area contributed by atoms with Crippen LogP contribution in [-0.4, -0.2) is 15.0 Å². The molecule has 11 aromatic rings. The van der Waals surface area contributed by atoms with E-state index in [1.807, 2.05) is 41.7 Å². The van der Waals surface area contributed by atoms with Crippen LogP contribution < -0.4 is 4.90 Å². The summed E-state index contributed by atoms with van der Waals surface area (Å²) in [5.74, 6) is 0. The largest absolute Gasteiger partial charge is 0.310 e. The maximum Gasteiger partial charge on any atom is 0.122 e. The molecule has 11 rings (SSSR count). The number of hydrogen-bond acceptors (Lipinski definition) is 4. The maximum atomic E-state index is 5.09. The summed E-state index contributed by atoms with van der Waals surface area (Å²) in [5, 5.41) is 17.1. The van der Waals surface area contributed by atoms with Crippen LogP contribution in [-0.2, 0) is 0 Å². The zero-order chi connectivity index (χ0) is 36.3. The Morgan fingerprint density at radius 3 is 1.91 bits per heavy atom. The average Bonchev–Trinajstić information content (AvgIpc) is 3.86. The van der Waals surface area contributed by atoms with Gasteiger partial charge in [-0.2, -0.15) is 4.80 Å². The van der Waals surface area contributed by atoms with Crippen LogP contribution in [0.5, 0.6) is 0 Å². The number of rotatable bonds is 6. The van der Waals surface area contributed by atoms with Crippen molar-refractivity contribution in [2.24, 2.45) is 0 Å². The van der Waals surface area contributed by atoms with Gasteiger partial charge in [0.1, 0.15) is 11.0 Å². The Labute approximate surface area is 321 Å². The molecule has 0 N–H and O–H groups in total. The van der Waals surface area contributed by atoms with E-state index in [9.17, 15) is 0 Å². The lowest BCUT2D eigenvalue weighted by Crippen LogP contribution is -2.11. The van der Waals surface area contributed by atoms with E-state index in [4.69, 9.17) is 10.2 Å². The molecular formula is C50H32N4S. The molecule has 0 bridgehead atoms. The third kappa shape index (κ3) is 5.28. The summed E-state index contributed by atoms with van der Waals surface area (Å²) in [7, 11) is 0. The van der Waals surface area contributed by atoms with Gasteiger partial charge in [-0.15, -0.1) is 21.5 Å². The molecule has 0 aliphatic rings. The summed E-state index contributed by atoms with van der Waals surface area (Å²) < 4.78 is 2.57. The fraction of sp³-hybridized carbons (Fsp3) is 0. The number of para-hydroxylation sites is 2. The molecule has 0 amide bonds. The van der Waals surface area contributed by atoms with Gasteiger partial charge in [0, 0.05) is 42.5 Å². The first-order valence-electron chi connectivity index (χ1n) is 18.5. The SMILES string of the molecule is c1ccc(-c2ccccc2-c2ccccc2N(c2ccc3sc4ccccc4c3c2)c2ccc3ccc4ccc5nn(-c6ccccc6)nc5c4c3c2)cc1. The highest BCUT2D eigenvalue weighted by Gasteiger charge is 2.21. The minimum Gasteiger partial charge on any atom is -0.310 e. The molecule has 4 nitrogen and oxygen atoms in total. The van der Waals surface area contributed by atoms with Crippen LogP contribution >= 0.6 is 11.3 Å². The van der Waals surface area contributed by atoms with Crippen LogP contribution in [0.25, 0.3) is 80.7 Å². The molecule has 258 valence electrons. The highest BCUT2D eigenvalue weighted by Crippen LogP contribution is 2.46. The van der Waals surface area contributed by atoms with Crippen molar-refractivity contribution in [1.29, 1.82) is 0 Å². The molecule has 0 atom stereocenters. The normalized spacial score (nSPS) is 11.6. The number of thiophene rings is 1. The van der Waals surface area contributed by atoms with Gasteiger partial charge in [-0.3, -0.25) is 0 Å². The van der Waals surface area contributed by atoms with Gasteiger partial charge < -0.3 is 4.90 Å². The zero-order valence-electron chi connectivity index (χ0n) is 29.7. The standard InChI is InChI=1S/C50H32N4S/c1-3-13-33(14-4-1)39-17-7-8-18-40(39)41-19-9-11-21-46(41)53(38-28-30-48-44(32-38)42-20-10-12-22-47(42)55-48)37-27-25-34-23-24-35-26-29-45-50(49(35)43(34)31-37)52-54(51-45)36-15-5-2-6-16-36/h1-32H. The predicted molar refractivity (Wildman–Crippen MR) is 232 cm³/mol. The van der Waals surface area contributed by atoms with Gasteiger partial charge in [0.15, 0.2) is 0 Å². The molecule has 0 spiro atoms. The summed E-state index contributed by atoms with van der Waals surface area (Å²) in [6, 6.07) is 69.5. The maximum absolute atomic E-state index is 5.09. The number of hydrogen-bond donors (Lipinski definition) is 0. The summed E-state index contributed by atoms with van der Waals surface area (Å²) in [6.45, 7) is 0. The van der Waals surface area contributed by atoms with Crippen molar-refractivity contribution in [3.63, 3.8) is 0 Å². The van der Waals surface area contributed by atoms with Crippen LogP contribution in [0, 0.1) is 0 Å². The lowest BCUT2D eigenvalue weighted by Gasteiger charge is -2.29. The molecule has 0 aliphatic heterocycles. The molecule has 9 aromatic carbocycles. The van der Waals surface area contributed by atoms with E-state index in [0.717, 1.165) is 60.9 Å². The van der Waals surface area contributed by atoms with Gasteiger partial charge in [-0.25, -0.2) is 0 Å². The molecule has 0 saturated carbocycles. The minimum atomic E-state index is 0.865. The molecule has 55 heavy (non-hydrogen) atoms. The summed E-state index contributed by atoms with van der Waals surface area (Å²) in [4.78, 5) is 4.18. The fourth-order valence-corrected chi connectivity index (χ4v) is 9.17. The fourth-order valence-electron chi connectivity index (χ4n) is 8.08. The van der Waals surface area contributed by atoms with Crippen molar-refractivity contribution in [3.8, 4) is 27.9 Å². The molecule has 2 aromatic heterocycles. The second-order valence-electron chi connectivity index (χ2n) is 13.9. The number of nitrogens with zero attached hydrogens (tertiary/aromatic N) is 4. The Kier molecular flexibility index (Phi) is 7.32. The van der Waals surface area contributed by atoms with Crippen molar-refractivity contribution in [2.75, 3.05) is 4.90 Å². The molecule has 2 heterocycles. The van der Waals surface area contributed by atoms with E-state index in [1.165, 1.54) is 36.9 Å². The van der Waals surface area contributed by atoms with E-state index in [2.05, 4.69) is 169 Å². The topological polar surface area (TPSA) is 34.0 Å². The average molecular weight is 721 g/mol. The summed E-state index contributed by atoms with van der Waals surface area (Å²) in [5.41, 5.74) is 10.7. The Morgan fingerprint density at radius 2 is 1.05 bits per heavy atom. The van der Waals surface area contributed by atoms with Crippen molar-refractivity contribution < 1.29 is 0 Å². The first-order chi connectivity index (χ1) is 27.3. The molecule has 5 heteroatoms. The van der Waals surface area contributed by atoms with Crippen LogP contribution in [0.2, 0.25) is 0 Å². The van der Waals surface area contributed by atoms with Crippen molar-refractivity contribution >= 4 is 81.1 Å². The Hall–Kier alpha value is -7.08. The van der Waals surface area contributed by atoms with Gasteiger partial charge in [-0.1, -0.05) is 133 Å². The molecule has 0 aliphatic carbocycles. The van der Waals surface area contributed by atoms with Crippen LogP contribution in [0.15, 0.2) is 194 Å². The summed E-state index contributed by atoms with van der Waals surface area (Å²) in [6.07, 6.45) is 0. The highest BCUT2D eigenvalue weighted by molar-refractivity contribution is 7.25. The lowest BCUT2D eigenvalue weighted by molar-refractivity contribution is 0.766. The number of fused-ring (bicyclic) bond motifs is 8. The second kappa shape index (κ2) is 12.8. The number of aromatic nitrogens is 3. The van der Waals surface area contributed by atoms with Gasteiger partial charge in [0.05, 0.1) is 11.4 Å². The van der Waals surface area contributed by atoms with Crippen molar-refractivity contribution in [1.82, 2.24) is 15.0 Å². The predicted octanol–water partition coefficient (Wildman–Crippen LogP) is 13.9. The Morgan fingerprint density at radius 1 is 0.436 bits per heavy atom. The van der Waals surface area contributed by atoms with Crippen molar-refractivity contribution in [3.05, 3.63) is 194 Å². The van der Waals surface area contributed by atoms with Gasteiger partial charge in [-0.05, 0) is 93.5 Å². The molecular weight excluding hydrogens is 689 g/mol. The van der Waals surface area contributed by atoms with Crippen LogP contribution in [0.1, 0.15) is 0 Å². The molecule has 0 radical (unpaired) electrons. The highest BCUT2D eigenvalue weighted by atomic mass is 32.1. The molecule has 0 saturated heterocycles. The van der Waals surface area contributed by atoms with Crippen LogP contribution in [0.3, 0.4) is 0 Å². The van der Waals surface area contributed by atoms with E-state index in [-0.39, 0.29) is 0 Å². The van der Waals surface area contributed by atoms with Crippen LogP contribution in [0.4, 0.5) is 17.1 Å².